The van der Waals surface area contributed by atoms with Crippen molar-refractivity contribution in [3.05, 3.63) is 29.8 Å². The fourth-order valence-electron chi connectivity index (χ4n) is 2.69. The Bertz CT molecular complexity index is 453. The lowest BCUT2D eigenvalue weighted by Gasteiger charge is -2.11. The van der Waals surface area contributed by atoms with Gasteiger partial charge >= 0.3 is 0 Å². The first-order valence-electron chi connectivity index (χ1n) is 7.49. The number of aliphatic hydroxyl groups is 1. The molecule has 1 aromatic carbocycles. The second-order valence-electron chi connectivity index (χ2n) is 5.38. The minimum atomic E-state index is -0.573. The summed E-state index contributed by atoms with van der Waals surface area (Å²) in [6.07, 6.45) is 8.46. The molecule has 3 heteroatoms. The van der Waals surface area contributed by atoms with Crippen molar-refractivity contribution in [1.29, 1.82) is 0 Å². The van der Waals surface area contributed by atoms with E-state index in [4.69, 9.17) is 6.42 Å². The van der Waals surface area contributed by atoms with Gasteiger partial charge in [-0.3, -0.25) is 0 Å². The van der Waals surface area contributed by atoms with Crippen LogP contribution in [0.25, 0.3) is 0 Å². The number of rotatable bonds is 8. The predicted molar refractivity (Wildman–Crippen MR) is 83.9 cm³/mol. The highest BCUT2D eigenvalue weighted by molar-refractivity contribution is 5.57. The minimum absolute atomic E-state index is 0.573. The van der Waals surface area contributed by atoms with Crippen molar-refractivity contribution in [1.82, 2.24) is 5.32 Å². The first kappa shape index (κ1) is 14.9. The number of aliphatic hydroxyl groups excluding tert-OH is 1. The second-order valence-corrected chi connectivity index (χ2v) is 5.38. The standard InChI is InChI=1S/C17H24N2O/c1-2-15(20)7-5-6-11-18-12-10-14-13-19-17-9-4-3-8-16(14)17/h1,3-4,8-9,14-15,18-20H,5-7,10-13H2. The van der Waals surface area contributed by atoms with E-state index in [1.807, 2.05) is 0 Å². The lowest BCUT2D eigenvalue weighted by atomic mass is 9.98. The van der Waals surface area contributed by atoms with Crippen LogP contribution in [0.4, 0.5) is 5.69 Å². The van der Waals surface area contributed by atoms with Crippen LogP contribution >= 0.6 is 0 Å². The Hall–Kier alpha value is -1.50. The van der Waals surface area contributed by atoms with E-state index in [1.54, 1.807) is 0 Å². The molecule has 0 aliphatic carbocycles. The van der Waals surface area contributed by atoms with E-state index in [2.05, 4.69) is 40.8 Å². The van der Waals surface area contributed by atoms with E-state index in [1.165, 1.54) is 11.3 Å². The third-order valence-corrected chi connectivity index (χ3v) is 3.88. The van der Waals surface area contributed by atoms with E-state index >= 15 is 0 Å². The van der Waals surface area contributed by atoms with Crippen molar-refractivity contribution in [3.63, 3.8) is 0 Å². The smallest absolute Gasteiger partial charge is 0.114 e. The van der Waals surface area contributed by atoms with Gasteiger partial charge in [-0.15, -0.1) is 6.42 Å². The van der Waals surface area contributed by atoms with Crippen molar-refractivity contribution < 1.29 is 5.11 Å². The summed E-state index contributed by atoms with van der Waals surface area (Å²) in [6, 6.07) is 8.57. The van der Waals surface area contributed by atoms with Crippen LogP contribution in [0.15, 0.2) is 24.3 Å². The third-order valence-electron chi connectivity index (χ3n) is 3.88. The van der Waals surface area contributed by atoms with Gasteiger partial charge < -0.3 is 15.7 Å². The number of para-hydroxylation sites is 1. The number of hydrogen-bond donors (Lipinski definition) is 3. The maximum atomic E-state index is 9.23. The Balaban J connectivity index is 1.56. The van der Waals surface area contributed by atoms with Gasteiger partial charge in [0.25, 0.3) is 0 Å². The Morgan fingerprint density at radius 3 is 3.05 bits per heavy atom. The topological polar surface area (TPSA) is 44.3 Å². The summed E-state index contributed by atoms with van der Waals surface area (Å²) >= 11 is 0. The van der Waals surface area contributed by atoms with Crippen molar-refractivity contribution in [3.8, 4) is 12.3 Å². The van der Waals surface area contributed by atoms with Gasteiger partial charge in [0.2, 0.25) is 0 Å². The molecule has 0 amide bonds. The van der Waals surface area contributed by atoms with Gasteiger partial charge in [0, 0.05) is 18.2 Å². The molecule has 3 nitrogen and oxygen atoms in total. The molecule has 3 N–H and O–H groups in total. The van der Waals surface area contributed by atoms with Crippen LogP contribution in [-0.2, 0) is 0 Å². The molecule has 1 aliphatic rings. The second kappa shape index (κ2) is 7.94. The van der Waals surface area contributed by atoms with Gasteiger partial charge in [-0.05, 0) is 50.4 Å². The van der Waals surface area contributed by atoms with Crippen LogP contribution < -0.4 is 10.6 Å². The van der Waals surface area contributed by atoms with Crippen LogP contribution in [0.3, 0.4) is 0 Å². The number of fused-ring (bicyclic) bond motifs is 1. The molecule has 2 atom stereocenters. The number of benzene rings is 1. The van der Waals surface area contributed by atoms with Gasteiger partial charge in [-0.25, -0.2) is 0 Å². The van der Waals surface area contributed by atoms with Crippen LogP contribution in [0.1, 0.15) is 37.2 Å². The molecule has 1 aliphatic heterocycles. The molecule has 0 radical (unpaired) electrons. The molecular formula is C17H24N2O. The zero-order valence-electron chi connectivity index (χ0n) is 11.9. The zero-order chi connectivity index (χ0) is 14.2. The number of unbranched alkanes of at least 4 members (excludes halogenated alkanes) is 1. The Kier molecular flexibility index (Phi) is 5.91. The highest BCUT2D eigenvalue weighted by Crippen LogP contribution is 2.32. The van der Waals surface area contributed by atoms with Crippen LogP contribution in [0.5, 0.6) is 0 Å². The van der Waals surface area contributed by atoms with Crippen molar-refractivity contribution in [2.24, 2.45) is 0 Å². The first-order valence-corrected chi connectivity index (χ1v) is 7.49. The first-order chi connectivity index (χ1) is 9.81. The largest absolute Gasteiger partial charge is 0.384 e. The van der Waals surface area contributed by atoms with Gasteiger partial charge in [0.1, 0.15) is 6.10 Å². The molecule has 0 fully saturated rings. The van der Waals surface area contributed by atoms with Crippen LogP contribution in [0.2, 0.25) is 0 Å². The summed E-state index contributed by atoms with van der Waals surface area (Å²) in [7, 11) is 0. The van der Waals surface area contributed by atoms with Gasteiger partial charge in [-0.1, -0.05) is 24.1 Å². The molecule has 0 saturated heterocycles. The maximum absolute atomic E-state index is 9.23. The van der Waals surface area contributed by atoms with Gasteiger partial charge in [0.15, 0.2) is 0 Å². The molecule has 1 aromatic rings. The molecule has 108 valence electrons. The predicted octanol–water partition coefficient (Wildman–Crippen LogP) is 2.34. The molecule has 0 saturated carbocycles. The van der Waals surface area contributed by atoms with Crippen LogP contribution in [0, 0.1) is 12.3 Å². The molecule has 20 heavy (non-hydrogen) atoms. The van der Waals surface area contributed by atoms with E-state index in [0.717, 1.165) is 38.9 Å². The Morgan fingerprint density at radius 1 is 1.35 bits per heavy atom. The minimum Gasteiger partial charge on any atom is -0.384 e. The summed E-state index contributed by atoms with van der Waals surface area (Å²) in [6.45, 7) is 3.09. The van der Waals surface area contributed by atoms with E-state index in [0.29, 0.717) is 12.3 Å². The van der Waals surface area contributed by atoms with Crippen molar-refractivity contribution in [2.45, 2.75) is 37.7 Å². The number of hydrogen-bond acceptors (Lipinski definition) is 3. The monoisotopic (exact) mass is 272 g/mol. The molecule has 0 spiro atoms. The van der Waals surface area contributed by atoms with Gasteiger partial charge in [-0.2, -0.15) is 0 Å². The SMILES string of the molecule is C#CC(O)CCCCNCCC1CNc2ccccc21. The fraction of sp³-hybridized carbons (Fsp3) is 0.529. The lowest BCUT2D eigenvalue weighted by Crippen LogP contribution is -2.19. The summed E-state index contributed by atoms with van der Waals surface area (Å²) in [5, 5.41) is 16.2. The van der Waals surface area contributed by atoms with Crippen molar-refractivity contribution >= 4 is 5.69 Å². The lowest BCUT2D eigenvalue weighted by molar-refractivity contribution is 0.217. The Morgan fingerprint density at radius 2 is 2.20 bits per heavy atom. The molecule has 2 unspecified atom stereocenters. The maximum Gasteiger partial charge on any atom is 0.114 e. The Labute approximate surface area is 121 Å². The van der Waals surface area contributed by atoms with E-state index in [9.17, 15) is 5.11 Å². The third kappa shape index (κ3) is 4.26. The molecule has 2 rings (SSSR count). The summed E-state index contributed by atoms with van der Waals surface area (Å²) in [5.41, 5.74) is 2.74. The molecular weight excluding hydrogens is 248 g/mol. The van der Waals surface area contributed by atoms with E-state index < -0.39 is 6.10 Å². The highest BCUT2D eigenvalue weighted by atomic mass is 16.3. The van der Waals surface area contributed by atoms with Gasteiger partial charge in [0.05, 0.1) is 0 Å². The van der Waals surface area contributed by atoms with Crippen LogP contribution in [-0.4, -0.2) is 30.8 Å². The number of terminal acetylenes is 1. The average Bonchev–Trinajstić information content (AvgIpc) is 2.89. The molecule has 1 heterocycles. The van der Waals surface area contributed by atoms with Crippen molar-refractivity contribution in [2.75, 3.05) is 25.0 Å². The summed E-state index contributed by atoms with van der Waals surface area (Å²) in [5.74, 6) is 2.97. The number of anilines is 1. The molecule has 0 aromatic heterocycles. The zero-order valence-corrected chi connectivity index (χ0v) is 11.9. The normalized spacial score (nSPS) is 18.1. The molecule has 0 bridgehead atoms. The quantitative estimate of drug-likeness (QED) is 0.503. The summed E-state index contributed by atoms with van der Waals surface area (Å²) < 4.78 is 0. The fourth-order valence-corrected chi connectivity index (χ4v) is 2.69. The highest BCUT2D eigenvalue weighted by Gasteiger charge is 2.20. The average molecular weight is 272 g/mol. The number of nitrogens with one attached hydrogen (secondary N) is 2. The van der Waals surface area contributed by atoms with E-state index in [-0.39, 0.29) is 0 Å². The summed E-state index contributed by atoms with van der Waals surface area (Å²) in [4.78, 5) is 0.